The molecular formula is C24H25ClN4O4. The number of halogens is 1. The molecule has 1 aliphatic heterocycles. The Bertz CT molecular complexity index is 1180. The Morgan fingerprint density at radius 3 is 2.76 bits per heavy atom. The Kier molecular flexibility index (Phi) is 6.96. The van der Waals surface area contributed by atoms with Crippen molar-refractivity contribution in [2.45, 2.75) is 25.6 Å². The molecule has 1 saturated heterocycles. The maximum Gasteiger partial charge on any atom is 0.245 e. The zero-order valence-corrected chi connectivity index (χ0v) is 19.0. The molecule has 1 fully saturated rings. The number of ether oxygens (including phenoxy) is 2. The van der Waals surface area contributed by atoms with Gasteiger partial charge < -0.3 is 24.8 Å². The molecule has 172 valence electrons. The van der Waals surface area contributed by atoms with Gasteiger partial charge in [-0.2, -0.15) is 0 Å². The number of carbonyl (C=O) groups excluding carboxylic acids is 1. The first-order chi connectivity index (χ1) is 16.0. The SMILES string of the molecule is C=CC(=O)N1CCC(Oc2cc3c(Nc4ccc(Cl)c(CO)c4)ncnc3cc2OC)CC1. The second kappa shape index (κ2) is 10.1. The van der Waals surface area contributed by atoms with Crippen LogP contribution >= 0.6 is 11.6 Å². The quantitative estimate of drug-likeness (QED) is 0.504. The molecule has 0 atom stereocenters. The van der Waals surface area contributed by atoms with E-state index < -0.39 is 0 Å². The molecular weight excluding hydrogens is 444 g/mol. The van der Waals surface area contributed by atoms with Crippen molar-refractivity contribution >= 4 is 39.9 Å². The number of piperidine rings is 1. The number of benzene rings is 2. The van der Waals surface area contributed by atoms with Gasteiger partial charge in [0.2, 0.25) is 5.91 Å². The summed E-state index contributed by atoms with van der Waals surface area (Å²) in [5, 5.41) is 14.0. The lowest BCUT2D eigenvalue weighted by atomic mass is 10.1. The van der Waals surface area contributed by atoms with Crippen LogP contribution < -0.4 is 14.8 Å². The van der Waals surface area contributed by atoms with Crippen LogP contribution in [0.1, 0.15) is 18.4 Å². The lowest BCUT2D eigenvalue weighted by Crippen LogP contribution is -2.41. The predicted octanol–water partition coefficient (Wildman–Crippen LogP) is 4.08. The minimum atomic E-state index is -0.161. The number of hydrogen-bond donors (Lipinski definition) is 2. The number of aliphatic hydroxyl groups excluding tert-OH is 1. The van der Waals surface area contributed by atoms with E-state index in [4.69, 9.17) is 21.1 Å². The first-order valence-electron chi connectivity index (χ1n) is 10.6. The topological polar surface area (TPSA) is 96.8 Å². The van der Waals surface area contributed by atoms with Gasteiger partial charge in [0.25, 0.3) is 0 Å². The zero-order valence-electron chi connectivity index (χ0n) is 18.3. The van der Waals surface area contributed by atoms with Crippen LogP contribution in [0.5, 0.6) is 11.5 Å². The van der Waals surface area contributed by atoms with Gasteiger partial charge >= 0.3 is 0 Å². The van der Waals surface area contributed by atoms with E-state index in [-0.39, 0.29) is 18.6 Å². The third-order valence-electron chi connectivity index (χ3n) is 5.62. The van der Waals surface area contributed by atoms with Gasteiger partial charge in [-0.15, -0.1) is 0 Å². The van der Waals surface area contributed by atoms with Gasteiger partial charge in [0.1, 0.15) is 18.2 Å². The summed E-state index contributed by atoms with van der Waals surface area (Å²) in [6.07, 6.45) is 4.19. The summed E-state index contributed by atoms with van der Waals surface area (Å²) >= 11 is 6.11. The molecule has 2 aromatic carbocycles. The van der Waals surface area contributed by atoms with E-state index in [2.05, 4.69) is 21.9 Å². The van der Waals surface area contributed by atoms with E-state index in [9.17, 15) is 9.90 Å². The van der Waals surface area contributed by atoms with Crippen molar-refractivity contribution in [3.63, 3.8) is 0 Å². The molecule has 2 N–H and O–H groups in total. The van der Waals surface area contributed by atoms with Crippen molar-refractivity contribution in [3.8, 4) is 11.5 Å². The van der Waals surface area contributed by atoms with E-state index in [0.29, 0.717) is 59.4 Å². The predicted molar refractivity (Wildman–Crippen MR) is 127 cm³/mol. The molecule has 33 heavy (non-hydrogen) atoms. The fourth-order valence-electron chi connectivity index (χ4n) is 3.83. The highest BCUT2D eigenvalue weighted by Crippen LogP contribution is 2.36. The molecule has 9 heteroatoms. The van der Waals surface area contributed by atoms with Crippen LogP contribution in [0.2, 0.25) is 5.02 Å². The van der Waals surface area contributed by atoms with E-state index in [0.717, 1.165) is 11.1 Å². The van der Waals surface area contributed by atoms with Crippen molar-refractivity contribution in [2.75, 3.05) is 25.5 Å². The molecule has 1 amide bonds. The first kappa shape index (κ1) is 22.8. The Labute approximate surface area is 196 Å². The summed E-state index contributed by atoms with van der Waals surface area (Å²) in [5.74, 6) is 1.69. The molecule has 3 aromatic rings. The van der Waals surface area contributed by atoms with E-state index in [1.165, 1.54) is 12.4 Å². The maximum absolute atomic E-state index is 11.8. The van der Waals surface area contributed by atoms with Crippen molar-refractivity contribution in [1.29, 1.82) is 0 Å². The molecule has 1 aliphatic rings. The summed E-state index contributed by atoms with van der Waals surface area (Å²) in [7, 11) is 1.59. The number of carbonyl (C=O) groups is 1. The van der Waals surface area contributed by atoms with Crippen molar-refractivity contribution < 1.29 is 19.4 Å². The van der Waals surface area contributed by atoms with Gasteiger partial charge in [-0.1, -0.05) is 18.2 Å². The minimum Gasteiger partial charge on any atom is -0.493 e. The molecule has 2 heterocycles. The normalized spacial score (nSPS) is 14.2. The molecule has 0 aliphatic carbocycles. The number of nitrogens with one attached hydrogen (secondary N) is 1. The highest BCUT2D eigenvalue weighted by Gasteiger charge is 2.24. The number of anilines is 2. The molecule has 0 radical (unpaired) electrons. The van der Waals surface area contributed by atoms with Gasteiger partial charge in [-0.25, -0.2) is 9.97 Å². The summed E-state index contributed by atoms with van der Waals surface area (Å²) in [6, 6.07) is 8.99. The summed E-state index contributed by atoms with van der Waals surface area (Å²) in [5.41, 5.74) is 2.05. The average molecular weight is 469 g/mol. The van der Waals surface area contributed by atoms with E-state index in [1.54, 1.807) is 24.1 Å². The molecule has 1 aromatic heterocycles. The second-order valence-electron chi connectivity index (χ2n) is 7.68. The van der Waals surface area contributed by atoms with Crippen LogP contribution in [0.15, 0.2) is 49.3 Å². The number of methoxy groups -OCH3 is 1. The zero-order chi connectivity index (χ0) is 23.4. The fourth-order valence-corrected chi connectivity index (χ4v) is 4.01. The maximum atomic E-state index is 11.8. The average Bonchev–Trinajstić information content (AvgIpc) is 2.85. The van der Waals surface area contributed by atoms with Gasteiger partial charge in [0, 0.05) is 48.1 Å². The number of nitrogens with zero attached hydrogens (tertiary/aromatic N) is 3. The first-order valence-corrected chi connectivity index (χ1v) is 11.0. The van der Waals surface area contributed by atoms with Crippen molar-refractivity contribution in [3.05, 3.63) is 59.9 Å². The van der Waals surface area contributed by atoms with Crippen LogP contribution in [0, 0.1) is 0 Å². The number of hydrogen-bond acceptors (Lipinski definition) is 7. The molecule has 0 saturated carbocycles. The van der Waals surface area contributed by atoms with Crippen LogP contribution in [0.4, 0.5) is 11.5 Å². The Morgan fingerprint density at radius 2 is 2.06 bits per heavy atom. The van der Waals surface area contributed by atoms with E-state index >= 15 is 0 Å². The monoisotopic (exact) mass is 468 g/mol. The fraction of sp³-hybridized carbons (Fsp3) is 0.292. The smallest absolute Gasteiger partial charge is 0.245 e. The number of amides is 1. The third-order valence-corrected chi connectivity index (χ3v) is 5.99. The summed E-state index contributed by atoms with van der Waals surface area (Å²) < 4.78 is 11.8. The van der Waals surface area contributed by atoms with Crippen molar-refractivity contribution in [2.24, 2.45) is 0 Å². The van der Waals surface area contributed by atoms with Crippen LogP contribution in [0.3, 0.4) is 0 Å². The molecule has 8 nitrogen and oxygen atoms in total. The number of rotatable bonds is 7. The number of fused-ring (bicyclic) bond motifs is 1. The molecule has 0 unspecified atom stereocenters. The Balaban J connectivity index is 1.60. The van der Waals surface area contributed by atoms with Crippen LogP contribution in [0.25, 0.3) is 10.9 Å². The van der Waals surface area contributed by atoms with Crippen LogP contribution in [-0.4, -0.2) is 52.2 Å². The molecule has 0 bridgehead atoms. The number of aliphatic hydroxyl groups is 1. The summed E-state index contributed by atoms with van der Waals surface area (Å²) in [6.45, 7) is 4.62. The van der Waals surface area contributed by atoms with Gasteiger partial charge in [0.05, 0.1) is 19.2 Å². The van der Waals surface area contributed by atoms with Gasteiger partial charge in [0.15, 0.2) is 11.5 Å². The Hall–Kier alpha value is -3.36. The van der Waals surface area contributed by atoms with Crippen LogP contribution in [-0.2, 0) is 11.4 Å². The lowest BCUT2D eigenvalue weighted by molar-refractivity contribution is -0.127. The van der Waals surface area contributed by atoms with Crippen molar-refractivity contribution in [1.82, 2.24) is 14.9 Å². The minimum absolute atomic E-state index is 0.0466. The highest BCUT2D eigenvalue weighted by molar-refractivity contribution is 6.31. The molecule has 4 rings (SSSR count). The highest BCUT2D eigenvalue weighted by atomic mass is 35.5. The second-order valence-corrected chi connectivity index (χ2v) is 8.09. The standard InChI is InChI=1S/C24H25ClN4O4/c1-3-23(31)29-8-6-17(7-9-29)33-22-11-18-20(12-21(22)32-2)26-14-27-24(18)28-16-4-5-19(25)15(10-16)13-30/h3-5,10-12,14,17,30H,1,6-9,13H2,2H3,(H,26,27,28). The largest absolute Gasteiger partial charge is 0.493 e. The lowest BCUT2D eigenvalue weighted by Gasteiger charge is -2.31. The Morgan fingerprint density at radius 1 is 1.27 bits per heavy atom. The number of aromatic nitrogens is 2. The van der Waals surface area contributed by atoms with Gasteiger partial charge in [-0.3, -0.25) is 4.79 Å². The third kappa shape index (κ3) is 5.02. The van der Waals surface area contributed by atoms with Gasteiger partial charge in [-0.05, 0) is 35.9 Å². The molecule has 0 spiro atoms. The summed E-state index contributed by atoms with van der Waals surface area (Å²) in [4.78, 5) is 22.4. The van der Waals surface area contributed by atoms with E-state index in [1.807, 2.05) is 18.2 Å². The number of likely N-dealkylation sites (tertiary alicyclic amines) is 1.